The van der Waals surface area contributed by atoms with Gasteiger partial charge in [-0.15, -0.1) is 0 Å². The topological polar surface area (TPSA) is 69.9 Å². The van der Waals surface area contributed by atoms with Gasteiger partial charge in [0.1, 0.15) is 0 Å². The minimum atomic E-state index is -0.281. The predicted molar refractivity (Wildman–Crippen MR) is 100 cm³/mol. The van der Waals surface area contributed by atoms with Crippen molar-refractivity contribution in [1.82, 2.24) is 14.3 Å². The van der Waals surface area contributed by atoms with E-state index < -0.39 is 0 Å². The van der Waals surface area contributed by atoms with Crippen LogP contribution in [0.3, 0.4) is 0 Å². The molecule has 1 amide bonds. The van der Waals surface area contributed by atoms with Crippen molar-refractivity contribution < 1.29 is 9.90 Å². The summed E-state index contributed by atoms with van der Waals surface area (Å²) in [4.78, 5) is 19.5. The molecule has 26 heavy (non-hydrogen) atoms. The third-order valence-electron chi connectivity index (χ3n) is 4.55. The molecule has 1 unspecified atom stereocenters. The number of rotatable bonds is 4. The second kappa shape index (κ2) is 7.07. The van der Waals surface area contributed by atoms with Crippen molar-refractivity contribution in [2.45, 2.75) is 19.1 Å². The molecule has 0 spiro atoms. The number of likely N-dealkylation sites (tertiary alicyclic amines) is 1. The lowest BCUT2D eigenvalue weighted by Crippen LogP contribution is -2.22. The fourth-order valence-corrected chi connectivity index (χ4v) is 3.39. The summed E-state index contributed by atoms with van der Waals surface area (Å²) in [6.45, 7) is 2.08. The molecule has 0 saturated carbocycles. The van der Waals surface area contributed by atoms with E-state index in [4.69, 9.17) is 11.6 Å². The lowest BCUT2D eigenvalue weighted by atomic mass is 10.3. The maximum Gasteiger partial charge on any atom is 0.292 e. The number of nitrogens with zero attached hydrogens (tertiary/aromatic N) is 3. The Morgan fingerprint density at radius 2 is 2.08 bits per heavy atom. The molecule has 1 aromatic carbocycles. The number of hydrogen-bond donors (Lipinski definition) is 2. The summed E-state index contributed by atoms with van der Waals surface area (Å²) < 4.78 is 1.80. The average Bonchev–Trinajstić information content (AvgIpc) is 3.21. The number of halogens is 1. The number of anilines is 1. The molecule has 7 heteroatoms. The summed E-state index contributed by atoms with van der Waals surface area (Å²) in [7, 11) is 0. The van der Waals surface area contributed by atoms with E-state index in [-0.39, 0.29) is 12.0 Å². The van der Waals surface area contributed by atoms with E-state index >= 15 is 0 Å². The lowest BCUT2D eigenvalue weighted by molar-refractivity contribution is 0.101. The summed E-state index contributed by atoms with van der Waals surface area (Å²) >= 11 is 5.89. The summed E-state index contributed by atoms with van der Waals surface area (Å²) in [5, 5.41) is 13.2. The lowest BCUT2D eigenvalue weighted by Gasteiger charge is -2.12. The van der Waals surface area contributed by atoms with E-state index in [0.29, 0.717) is 29.6 Å². The molecular weight excluding hydrogens is 352 g/mol. The first-order valence-corrected chi connectivity index (χ1v) is 8.91. The third kappa shape index (κ3) is 3.44. The molecular formula is C19H19ClN4O2. The number of fused-ring (bicyclic) bond motifs is 1. The Balaban J connectivity index is 1.62. The molecule has 6 nitrogen and oxygen atoms in total. The van der Waals surface area contributed by atoms with Gasteiger partial charge in [0.05, 0.1) is 17.3 Å². The predicted octanol–water partition coefficient (Wildman–Crippen LogP) is 2.81. The van der Waals surface area contributed by atoms with Crippen LogP contribution in [0.15, 0.2) is 48.7 Å². The minimum Gasteiger partial charge on any atom is -0.392 e. The fourth-order valence-electron chi connectivity index (χ4n) is 3.27. The SMILES string of the molecule is O=C(Nc1ccc(Cl)cc1)c1nc(CN2CCC(O)C2)c2ccccn12. The Morgan fingerprint density at radius 3 is 2.81 bits per heavy atom. The Morgan fingerprint density at radius 1 is 1.27 bits per heavy atom. The van der Waals surface area contributed by atoms with Crippen LogP contribution < -0.4 is 5.32 Å². The minimum absolute atomic E-state index is 0.277. The largest absolute Gasteiger partial charge is 0.392 e. The number of carbonyl (C=O) groups excluding carboxylic acids is 1. The smallest absolute Gasteiger partial charge is 0.292 e. The van der Waals surface area contributed by atoms with Crippen LogP contribution in [0.4, 0.5) is 5.69 Å². The van der Waals surface area contributed by atoms with Gasteiger partial charge in [-0.3, -0.25) is 14.1 Å². The number of imidazole rings is 1. The summed E-state index contributed by atoms with van der Waals surface area (Å²) in [6, 6.07) is 12.7. The molecule has 2 N–H and O–H groups in total. The van der Waals surface area contributed by atoms with Crippen LogP contribution in [0.5, 0.6) is 0 Å². The van der Waals surface area contributed by atoms with E-state index in [1.165, 1.54) is 0 Å². The van der Waals surface area contributed by atoms with Crippen molar-refractivity contribution in [2.24, 2.45) is 0 Å². The van der Waals surface area contributed by atoms with E-state index in [1.807, 2.05) is 24.4 Å². The maximum atomic E-state index is 12.7. The number of β-amino-alcohol motifs (C(OH)–C–C–N with tert-alkyl or cyclic N) is 1. The Kier molecular flexibility index (Phi) is 4.63. The molecule has 3 aromatic rings. The molecule has 1 aliphatic heterocycles. The zero-order valence-electron chi connectivity index (χ0n) is 14.1. The molecule has 3 heterocycles. The van der Waals surface area contributed by atoms with Gasteiger partial charge < -0.3 is 10.4 Å². The normalized spacial score (nSPS) is 17.7. The Bertz CT molecular complexity index is 938. The number of aromatic nitrogens is 2. The van der Waals surface area contributed by atoms with Crippen molar-refractivity contribution >= 4 is 28.7 Å². The number of pyridine rings is 1. The Labute approximate surface area is 156 Å². The van der Waals surface area contributed by atoms with Gasteiger partial charge in [-0.25, -0.2) is 4.98 Å². The van der Waals surface area contributed by atoms with Crippen molar-refractivity contribution in [3.8, 4) is 0 Å². The number of nitrogens with one attached hydrogen (secondary N) is 1. The van der Waals surface area contributed by atoms with E-state index in [2.05, 4.69) is 15.2 Å². The highest BCUT2D eigenvalue weighted by molar-refractivity contribution is 6.30. The standard InChI is InChI=1S/C19H19ClN4O2/c20-13-4-6-14(7-5-13)21-19(26)18-22-16(12-23-10-8-15(25)11-23)17-3-1-2-9-24(17)18/h1-7,9,15,25H,8,10-12H2,(H,21,26). The van der Waals surface area contributed by atoms with E-state index in [9.17, 15) is 9.90 Å². The van der Waals surface area contributed by atoms with Crippen molar-refractivity contribution in [1.29, 1.82) is 0 Å². The summed E-state index contributed by atoms with van der Waals surface area (Å²) in [5.74, 6) is 0.0616. The molecule has 0 radical (unpaired) electrons. The first-order valence-electron chi connectivity index (χ1n) is 8.53. The zero-order chi connectivity index (χ0) is 18.1. The number of aliphatic hydroxyl groups is 1. The van der Waals surface area contributed by atoms with Crippen LogP contribution in [0.2, 0.25) is 5.02 Å². The van der Waals surface area contributed by atoms with E-state index in [0.717, 1.165) is 24.2 Å². The van der Waals surface area contributed by atoms with Gasteiger partial charge in [0, 0.05) is 36.5 Å². The molecule has 4 rings (SSSR count). The van der Waals surface area contributed by atoms with Crippen LogP contribution >= 0.6 is 11.6 Å². The van der Waals surface area contributed by atoms with Gasteiger partial charge in [-0.2, -0.15) is 0 Å². The zero-order valence-corrected chi connectivity index (χ0v) is 14.9. The highest BCUT2D eigenvalue weighted by Crippen LogP contribution is 2.20. The summed E-state index contributed by atoms with van der Waals surface area (Å²) in [5.41, 5.74) is 2.40. The molecule has 2 aromatic heterocycles. The monoisotopic (exact) mass is 370 g/mol. The van der Waals surface area contributed by atoms with Gasteiger partial charge in [-0.1, -0.05) is 17.7 Å². The fraction of sp³-hybridized carbons (Fsp3) is 0.263. The van der Waals surface area contributed by atoms with Crippen LogP contribution in [-0.2, 0) is 6.54 Å². The Hall–Kier alpha value is -2.41. The molecule has 1 saturated heterocycles. The molecule has 0 aliphatic carbocycles. The van der Waals surface area contributed by atoms with Gasteiger partial charge in [0.2, 0.25) is 5.82 Å². The highest BCUT2D eigenvalue weighted by atomic mass is 35.5. The number of aliphatic hydroxyl groups excluding tert-OH is 1. The third-order valence-corrected chi connectivity index (χ3v) is 4.80. The number of amides is 1. The number of benzene rings is 1. The second-order valence-corrected chi connectivity index (χ2v) is 6.91. The molecule has 1 aliphatic rings. The summed E-state index contributed by atoms with van der Waals surface area (Å²) in [6.07, 6.45) is 2.33. The van der Waals surface area contributed by atoms with Crippen LogP contribution in [-0.4, -0.2) is 44.5 Å². The first kappa shape index (κ1) is 17.0. The van der Waals surface area contributed by atoms with Crippen LogP contribution in [0.25, 0.3) is 5.52 Å². The van der Waals surface area contributed by atoms with Gasteiger partial charge in [-0.05, 0) is 42.8 Å². The average molecular weight is 371 g/mol. The molecule has 1 fully saturated rings. The molecule has 134 valence electrons. The van der Waals surface area contributed by atoms with Crippen molar-refractivity contribution in [3.05, 3.63) is 65.2 Å². The molecule has 1 atom stereocenters. The maximum absolute atomic E-state index is 12.7. The quantitative estimate of drug-likeness (QED) is 0.741. The first-order chi connectivity index (χ1) is 12.6. The van der Waals surface area contributed by atoms with Crippen LogP contribution in [0.1, 0.15) is 22.7 Å². The number of carbonyl (C=O) groups is 1. The van der Waals surface area contributed by atoms with Gasteiger partial charge >= 0.3 is 0 Å². The van der Waals surface area contributed by atoms with Crippen LogP contribution in [0, 0.1) is 0 Å². The van der Waals surface area contributed by atoms with Crippen molar-refractivity contribution in [3.63, 3.8) is 0 Å². The van der Waals surface area contributed by atoms with Gasteiger partial charge in [0.25, 0.3) is 5.91 Å². The number of hydrogen-bond acceptors (Lipinski definition) is 4. The van der Waals surface area contributed by atoms with Crippen molar-refractivity contribution in [2.75, 3.05) is 18.4 Å². The highest BCUT2D eigenvalue weighted by Gasteiger charge is 2.23. The van der Waals surface area contributed by atoms with E-state index in [1.54, 1.807) is 28.7 Å². The van der Waals surface area contributed by atoms with Gasteiger partial charge in [0.15, 0.2) is 0 Å². The second-order valence-electron chi connectivity index (χ2n) is 6.48. The molecule has 0 bridgehead atoms.